The van der Waals surface area contributed by atoms with Gasteiger partial charge in [-0.05, 0) is 18.6 Å². The van der Waals surface area contributed by atoms with E-state index in [9.17, 15) is 18.0 Å². The summed E-state index contributed by atoms with van der Waals surface area (Å²) in [6, 6.07) is 6.26. The number of hydrogen-bond acceptors (Lipinski definition) is 2. The molecule has 1 heterocycles. The average molecular weight is 292 g/mol. The van der Waals surface area contributed by atoms with Gasteiger partial charge in [-0.2, -0.15) is 9.18 Å². The van der Waals surface area contributed by atoms with Gasteiger partial charge in [0.15, 0.2) is 17.6 Å². The average Bonchev–Trinajstić information content (AvgIpc) is 2.43. The molecule has 0 amide bonds. The van der Waals surface area contributed by atoms with Crippen LogP contribution in [0.1, 0.15) is 5.56 Å². The first-order chi connectivity index (χ1) is 9.97. The molecule has 0 unspecified atom stereocenters. The Kier molecular flexibility index (Phi) is 3.01. The number of nitrogens with zero attached hydrogens (tertiary/aromatic N) is 1. The van der Waals surface area contributed by atoms with Gasteiger partial charge in [-0.1, -0.05) is 16.7 Å². The first kappa shape index (κ1) is 13.4. The Bertz CT molecular complexity index is 919. The quantitative estimate of drug-likeness (QED) is 0.510. The Labute approximate surface area is 116 Å². The van der Waals surface area contributed by atoms with Crippen molar-refractivity contribution in [1.82, 2.24) is 0 Å². The van der Waals surface area contributed by atoms with Gasteiger partial charge >= 0.3 is 5.76 Å². The molecule has 1 aromatic heterocycles. The summed E-state index contributed by atoms with van der Waals surface area (Å²) in [5.41, 5.74) is 0.531. The van der Waals surface area contributed by atoms with Gasteiger partial charge in [0.25, 0.3) is 5.69 Å². The Morgan fingerprint density at radius 1 is 1.14 bits per heavy atom. The van der Waals surface area contributed by atoms with Crippen molar-refractivity contribution in [1.29, 1.82) is 0 Å². The number of aryl methyl sites for hydroxylation is 1. The lowest BCUT2D eigenvalue weighted by molar-refractivity contribution is -0.625. The molecule has 0 bridgehead atoms. The van der Waals surface area contributed by atoms with Crippen LogP contribution >= 0.6 is 0 Å². The van der Waals surface area contributed by atoms with E-state index in [1.807, 2.05) is 0 Å². The maximum Gasteiger partial charge on any atom is 0.608 e. The van der Waals surface area contributed by atoms with E-state index in [0.29, 0.717) is 17.0 Å². The Balaban J connectivity index is 2.36. The number of para-hydroxylation sites is 1. The molecule has 3 aromatic rings. The summed E-state index contributed by atoms with van der Waals surface area (Å²) >= 11 is 0. The van der Waals surface area contributed by atoms with Gasteiger partial charge in [0.1, 0.15) is 5.82 Å². The molecule has 0 N–H and O–H groups in total. The van der Waals surface area contributed by atoms with Crippen molar-refractivity contribution >= 4 is 11.0 Å². The molecular formula is C15H9F3NO2+. The number of benzene rings is 2. The van der Waals surface area contributed by atoms with Gasteiger partial charge in [0.05, 0.1) is 5.39 Å². The molecule has 2 aromatic carbocycles. The second-order valence-electron chi connectivity index (χ2n) is 4.58. The molecular weight excluding hydrogens is 283 g/mol. The Morgan fingerprint density at radius 2 is 1.90 bits per heavy atom. The number of halogens is 3. The second-order valence-corrected chi connectivity index (χ2v) is 4.58. The highest BCUT2D eigenvalue weighted by atomic mass is 19.2. The van der Waals surface area contributed by atoms with Crippen LogP contribution in [0.25, 0.3) is 16.7 Å². The standard InChI is InChI=1S/C15H9F3NO2/c1-8-3-2-4-9-7-19(15(20)21-14(8)9)12-6-10(16)5-11(17)13(12)18/h2-7H,1H3/q+1. The first-order valence-electron chi connectivity index (χ1n) is 6.07. The van der Waals surface area contributed by atoms with Gasteiger partial charge in [0.2, 0.25) is 5.82 Å². The minimum atomic E-state index is -1.37. The highest BCUT2D eigenvalue weighted by molar-refractivity contribution is 5.77. The van der Waals surface area contributed by atoms with Crippen molar-refractivity contribution in [3.8, 4) is 5.69 Å². The number of aromatic nitrogens is 1. The largest absolute Gasteiger partial charge is 0.608 e. The smallest absolute Gasteiger partial charge is 0.371 e. The van der Waals surface area contributed by atoms with Gasteiger partial charge in [-0.15, -0.1) is 0 Å². The van der Waals surface area contributed by atoms with E-state index in [4.69, 9.17) is 4.42 Å². The number of fused-ring (bicyclic) bond motifs is 1. The van der Waals surface area contributed by atoms with Crippen LogP contribution in [0.4, 0.5) is 13.2 Å². The maximum absolute atomic E-state index is 13.8. The van der Waals surface area contributed by atoms with Crippen LogP contribution in [0.5, 0.6) is 0 Å². The minimum absolute atomic E-state index is 0.344. The van der Waals surface area contributed by atoms with E-state index in [1.165, 1.54) is 6.20 Å². The Hall–Kier alpha value is -2.63. The molecule has 0 aliphatic heterocycles. The highest BCUT2D eigenvalue weighted by Crippen LogP contribution is 2.17. The zero-order chi connectivity index (χ0) is 15.1. The molecule has 0 spiro atoms. The normalized spacial score (nSPS) is 11.0. The third kappa shape index (κ3) is 2.18. The van der Waals surface area contributed by atoms with E-state index in [0.717, 1.165) is 16.2 Å². The minimum Gasteiger partial charge on any atom is -0.371 e. The van der Waals surface area contributed by atoms with Crippen molar-refractivity contribution in [3.05, 3.63) is 70.1 Å². The predicted molar refractivity (Wildman–Crippen MR) is 68.6 cm³/mol. The molecule has 0 saturated carbocycles. The summed E-state index contributed by atoms with van der Waals surface area (Å²) in [6.45, 7) is 1.75. The summed E-state index contributed by atoms with van der Waals surface area (Å²) in [6.07, 6.45) is 1.28. The fourth-order valence-corrected chi connectivity index (χ4v) is 2.13. The van der Waals surface area contributed by atoms with Crippen LogP contribution in [-0.4, -0.2) is 0 Å². The van der Waals surface area contributed by atoms with Crippen LogP contribution in [0.15, 0.2) is 45.7 Å². The Morgan fingerprint density at radius 3 is 2.67 bits per heavy atom. The van der Waals surface area contributed by atoms with Crippen molar-refractivity contribution in [2.45, 2.75) is 6.92 Å². The highest BCUT2D eigenvalue weighted by Gasteiger charge is 2.24. The summed E-state index contributed by atoms with van der Waals surface area (Å²) < 4.78 is 46.2. The van der Waals surface area contributed by atoms with Crippen molar-refractivity contribution in [3.63, 3.8) is 0 Å². The lowest BCUT2D eigenvalue weighted by atomic mass is 10.2. The summed E-state index contributed by atoms with van der Waals surface area (Å²) in [5, 5.41) is 0.513. The molecule has 0 aliphatic carbocycles. The van der Waals surface area contributed by atoms with Crippen molar-refractivity contribution < 1.29 is 22.2 Å². The van der Waals surface area contributed by atoms with E-state index in [1.54, 1.807) is 25.1 Å². The molecule has 3 rings (SSSR count). The van der Waals surface area contributed by atoms with Crippen molar-refractivity contribution in [2.24, 2.45) is 0 Å². The topological polar surface area (TPSA) is 34.1 Å². The van der Waals surface area contributed by atoms with Crippen LogP contribution in [0, 0.1) is 24.4 Å². The van der Waals surface area contributed by atoms with E-state index < -0.39 is 28.9 Å². The zero-order valence-corrected chi connectivity index (χ0v) is 10.9. The fourth-order valence-electron chi connectivity index (χ4n) is 2.13. The molecule has 21 heavy (non-hydrogen) atoms. The van der Waals surface area contributed by atoms with Crippen molar-refractivity contribution in [2.75, 3.05) is 0 Å². The van der Waals surface area contributed by atoms with Crippen LogP contribution in [0.2, 0.25) is 0 Å². The van der Waals surface area contributed by atoms with E-state index in [2.05, 4.69) is 0 Å². The van der Waals surface area contributed by atoms with E-state index in [-0.39, 0.29) is 0 Å². The molecule has 0 atom stereocenters. The number of hydrogen-bond donors (Lipinski definition) is 0. The molecule has 106 valence electrons. The number of rotatable bonds is 1. The molecule has 0 fully saturated rings. The first-order valence-corrected chi connectivity index (χ1v) is 6.07. The maximum atomic E-state index is 13.8. The molecule has 0 radical (unpaired) electrons. The lowest BCUT2D eigenvalue weighted by Gasteiger charge is -2.01. The summed E-state index contributed by atoms with van der Waals surface area (Å²) in [7, 11) is 0. The van der Waals surface area contributed by atoms with E-state index >= 15 is 0 Å². The van der Waals surface area contributed by atoms with Gasteiger partial charge < -0.3 is 4.42 Å². The molecule has 6 heteroatoms. The summed E-state index contributed by atoms with van der Waals surface area (Å²) in [5.74, 6) is -4.61. The van der Waals surface area contributed by atoms with Crippen LogP contribution < -0.4 is 10.3 Å². The van der Waals surface area contributed by atoms with Gasteiger partial charge in [-0.3, -0.25) is 0 Å². The second kappa shape index (κ2) is 4.73. The summed E-state index contributed by atoms with van der Waals surface area (Å²) in [4.78, 5) is 11.9. The third-order valence-electron chi connectivity index (χ3n) is 3.13. The fraction of sp³-hybridized carbons (Fsp3) is 0.0667. The van der Waals surface area contributed by atoms with Crippen LogP contribution in [0.3, 0.4) is 0 Å². The SMILES string of the molecule is Cc1cccc2c[n+](-c3cc(F)cc(F)c3F)c(=O)oc12. The third-order valence-corrected chi connectivity index (χ3v) is 3.13. The lowest BCUT2D eigenvalue weighted by Crippen LogP contribution is -2.47. The molecule has 0 aliphatic rings. The van der Waals surface area contributed by atoms with Gasteiger partial charge in [-0.25, -0.2) is 8.78 Å². The predicted octanol–water partition coefficient (Wildman–Crippen LogP) is 2.80. The monoisotopic (exact) mass is 292 g/mol. The van der Waals surface area contributed by atoms with Gasteiger partial charge in [0, 0.05) is 12.1 Å². The van der Waals surface area contributed by atoms with Crippen LogP contribution in [-0.2, 0) is 0 Å². The molecule has 3 nitrogen and oxygen atoms in total. The molecule has 0 saturated heterocycles. The zero-order valence-electron chi connectivity index (χ0n) is 10.9.